The molecule has 1 amide bonds. The van der Waals surface area contributed by atoms with Crippen LogP contribution >= 0.6 is 11.6 Å². The van der Waals surface area contributed by atoms with Gasteiger partial charge in [-0.25, -0.2) is 4.39 Å². The molecule has 116 valence electrons. The van der Waals surface area contributed by atoms with Gasteiger partial charge in [0.05, 0.1) is 12.1 Å². The van der Waals surface area contributed by atoms with Gasteiger partial charge >= 0.3 is 0 Å². The first-order valence-corrected chi connectivity index (χ1v) is 7.28. The van der Waals surface area contributed by atoms with Crippen molar-refractivity contribution in [2.75, 3.05) is 13.2 Å². The summed E-state index contributed by atoms with van der Waals surface area (Å²) in [5, 5.41) is 2.87. The Morgan fingerprint density at radius 3 is 2.50 bits per heavy atom. The van der Waals surface area contributed by atoms with Crippen LogP contribution in [0.2, 0.25) is 5.02 Å². The highest BCUT2D eigenvalue weighted by Gasteiger charge is 2.11. The molecule has 0 aliphatic rings. The van der Waals surface area contributed by atoms with Gasteiger partial charge < -0.3 is 10.1 Å². The van der Waals surface area contributed by atoms with E-state index in [2.05, 4.69) is 11.4 Å². The maximum Gasteiger partial charge on any atom is 0.254 e. The Balaban J connectivity index is 1.84. The van der Waals surface area contributed by atoms with Gasteiger partial charge in [0.1, 0.15) is 18.2 Å². The van der Waals surface area contributed by atoms with Crippen LogP contribution in [0.25, 0.3) is 0 Å². The minimum atomic E-state index is -0.639. The molecule has 0 radical (unpaired) electrons. The number of nitrogens with one attached hydrogen (secondary N) is 1. The first-order valence-electron chi connectivity index (χ1n) is 6.90. The summed E-state index contributed by atoms with van der Waals surface area (Å²) in [6, 6.07) is 9.85. The number of ether oxygens (including phenoxy) is 1. The standard InChI is InChI=1S/C17H17ClFNO2/c1-11-7-12(2)9-14(8-11)22-6-5-20-17(21)15-4-3-13(18)10-16(15)19/h3-4,7-10H,5-6H2,1-2H3,(H,20,21). The van der Waals surface area contributed by atoms with Crippen LogP contribution in [0.15, 0.2) is 36.4 Å². The maximum atomic E-state index is 13.6. The number of hydrogen-bond acceptors (Lipinski definition) is 2. The third-order valence-corrected chi connectivity index (χ3v) is 3.26. The zero-order valence-corrected chi connectivity index (χ0v) is 13.2. The van der Waals surface area contributed by atoms with Gasteiger partial charge in [0.25, 0.3) is 5.91 Å². The van der Waals surface area contributed by atoms with Crippen LogP contribution in [0.4, 0.5) is 4.39 Å². The molecule has 2 aromatic rings. The molecule has 0 atom stereocenters. The molecule has 1 N–H and O–H groups in total. The van der Waals surface area contributed by atoms with Crippen LogP contribution in [0, 0.1) is 19.7 Å². The van der Waals surface area contributed by atoms with Gasteiger partial charge in [-0.1, -0.05) is 17.7 Å². The molecule has 0 aromatic heterocycles. The van der Waals surface area contributed by atoms with Gasteiger partial charge in [-0.3, -0.25) is 4.79 Å². The van der Waals surface area contributed by atoms with E-state index >= 15 is 0 Å². The fourth-order valence-corrected chi connectivity index (χ4v) is 2.28. The van der Waals surface area contributed by atoms with Crippen molar-refractivity contribution in [3.05, 3.63) is 63.9 Å². The molecular formula is C17H17ClFNO2. The molecule has 2 aromatic carbocycles. The number of rotatable bonds is 5. The molecule has 0 fully saturated rings. The van der Waals surface area contributed by atoms with E-state index < -0.39 is 11.7 Å². The second-order valence-corrected chi connectivity index (χ2v) is 5.49. The Hall–Kier alpha value is -2.07. The summed E-state index contributed by atoms with van der Waals surface area (Å²) in [5.74, 6) is -0.372. The predicted octanol–water partition coefficient (Wildman–Crippen LogP) is 3.90. The summed E-state index contributed by atoms with van der Waals surface area (Å²) >= 11 is 5.65. The third kappa shape index (κ3) is 4.46. The Morgan fingerprint density at radius 1 is 1.18 bits per heavy atom. The lowest BCUT2D eigenvalue weighted by atomic mass is 10.1. The van der Waals surface area contributed by atoms with Gasteiger partial charge in [0, 0.05) is 5.02 Å². The van der Waals surface area contributed by atoms with Gasteiger partial charge in [-0.05, 0) is 55.3 Å². The summed E-state index contributed by atoms with van der Waals surface area (Å²) in [4.78, 5) is 11.8. The Bertz CT molecular complexity index is 668. The molecule has 0 spiro atoms. The third-order valence-electron chi connectivity index (χ3n) is 3.03. The van der Waals surface area contributed by atoms with E-state index in [9.17, 15) is 9.18 Å². The van der Waals surface area contributed by atoms with Crippen LogP contribution in [0.1, 0.15) is 21.5 Å². The van der Waals surface area contributed by atoms with Gasteiger partial charge in [-0.2, -0.15) is 0 Å². The van der Waals surface area contributed by atoms with Crippen molar-refractivity contribution in [2.24, 2.45) is 0 Å². The molecule has 0 bridgehead atoms. The van der Waals surface area contributed by atoms with E-state index in [1.54, 1.807) is 0 Å². The first kappa shape index (κ1) is 16.3. The largest absolute Gasteiger partial charge is 0.492 e. The highest BCUT2D eigenvalue weighted by atomic mass is 35.5. The molecule has 0 unspecified atom stereocenters. The minimum Gasteiger partial charge on any atom is -0.492 e. The van der Waals surface area contributed by atoms with Crippen molar-refractivity contribution in [1.82, 2.24) is 5.32 Å². The number of aryl methyl sites for hydroxylation is 2. The van der Waals surface area contributed by atoms with Crippen LogP contribution in [-0.4, -0.2) is 19.1 Å². The smallest absolute Gasteiger partial charge is 0.254 e. The highest BCUT2D eigenvalue weighted by molar-refractivity contribution is 6.30. The number of hydrogen-bond donors (Lipinski definition) is 1. The SMILES string of the molecule is Cc1cc(C)cc(OCCNC(=O)c2ccc(Cl)cc2F)c1. The van der Waals surface area contributed by atoms with E-state index in [1.165, 1.54) is 12.1 Å². The van der Waals surface area contributed by atoms with Crippen LogP contribution in [0.5, 0.6) is 5.75 Å². The van der Waals surface area contributed by atoms with E-state index in [0.29, 0.717) is 6.61 Å². The molecule has 0 heterocycles. The van der Waals surface area contributed by atoms with E-state index in [4.69, 9.17) is 16.3 Å². The monoisotopic (exact) mass is 321 g/mol. The first-order chi connectivity index (χ1) is 10.5. The Morgan fingerprint density at radius 2 is 1.86 bits per heavy atom. The maximum absolute atomic E-state index is 13.6. The van der Waals surface area contributed by atoms with E-state index in [-0.39, 0.29) is 17.1 Å². The van der Waals surface area contributed by atoms with Gasteiger partial charge in [0.15, 0.2) is 0 Å². The quantitative estimate of drug-likeness (QED) is 0.848. The summed E-state index contributed by atoms with van der Waals surface area (Å²) in [6.07, 6.45) is 0. The molecule has 0 saturated carbocycles. The number of carbonyl (C=O) groups is 1. The second-order valence-electron chi connectivity index (χ2n) is 5.05. The number of carbonyl (C=O) groups excluding carboxylic acids is 1. The van der Waals surface area contributed by atoms with Gasteiger partial charge in [-0.15, -0.1) is 0 Å². The molecule has 0 aliphatic carbocycles. The van der Waals surface area contributed by atoms with E-state index in [0.717, 1.165) is 22.9 Å². The Kier molecular flexibility index (Phi) is 5.39. The van der Waals surface area contributed by atoms with Crippen molar-refractivity contribution in [1.29, 1.82) is 0 Å². The molecule has 5 heteroatoms. The fourth-order valence-electron chi connectivity index (χ4n) is 2.12. The Labute approximate surface area is 134 Å². The normalized spacial score (nSPS) is 10.4. The highest BCUT2D eigenvalue weighted by Crippen LogP contribution is 2.16. The number of halogens is 2. The van der Waals surface area contributed by atoms with E-state index in [1.807, 2.05) is 26.0 Å². The van der Waals surface area contributed by atoms with Crippen LogP contribution in [0.3, 0.4) is 0 Å². The zero-order valence-electron chi connectivity index (χ0n) is 12.5. The van der Waals surface area contributed by atoms with Crippen molar-refractivity contribution >= 4 is 17.5 Å². The lowest BCUT2D eigenvalue weighted by Gasteiger charge is -2.10. The topological polar surface area (TPSA) is 38.3 Å². The van der Waals surface area contributed by atoms with Crippen LogP contribution < -0.4 is 10.1 Å². The summed E-state index contributed by atoms with van der Waals surface area (Å²) in [5.41, 5.74) is 2.19. The summed E-state index contributed by atoms with van der Waals surface area (Å²) in [7, 11) is 0. The molecule has 3 nitrogen and oxygen atoms in total. The van der Waals surface area contributed by atoms with Crippen molar-refractivity contribution in [2.45, 2.75) is 13.8 Å². The average molecular weight is 322 g/mol. The zero-order chi connectivity index (χ0) is 16.1. The molecule has 2 rings (SSSR count). The summed E-state index contributed by atoms with van der Waals surface area (Å²) in [6.45, 7) is 4.58. The van der Waals surface area contributed by atoms with Crippen molar-refractivity contribution < 1.29 is 13.9 Å². The molecule has 0 aliphatic heterocycles. The number of amides is 1. The summed E-state index contributed by atoms with van der Waals surface area (Å²) < 4.78 is 19.2. The van der Waals surface area contributed by atoms with Crippen LogP contribution in [-0.2, 0) is 0 Å². The second kappa shape index (κ2) is 7.27. The fraction of sp³-hybridized carbons (Fsp3) is 0.235. The molecule has 22 heavy (non-hydrogen) atoms. The lowest BCUT2D eigenvalue weighted by Crippen LogP contribution is -2.28. The average Bonchev–Trinajstić information content (AvgIpc) is 2.42. The predicted molar refractivity (Wildman–Crippen MR) is 85.2 cm³/mol. The van der Waals surface area contributed by atoms with Gasteiger partial charge in [0.2, 0.25) is 0 Å². The minimum absolute atomic E-state index is 0.0317. The molecular weight excluding hydrogens is 305 g/mol. The van der Waals surface area contributed by atoms with Crippen molar-refractivity contribution in [3.8, 4) is 5.75 Å². The number of benzene rings is 2. The van der Waals surface area contributed by atoms with Crippen molar-refractivity contribution in [3.63, 3.8) is 0 Å². The molecule has 0 saturated heterocycles. The lowest BCUT2D eigenvalue weighted by molar-refractivity contribution is 0.0943.